The topological polar surface area (TPSA) is 99.9 Å². The number of aliphatic carboxylic acids is 1. The summed E-state index contributed by atoms with van der Waals surface area (Å²) in [6, 6.07) is 0.657. The number of nitrogens with one attached hydrogen (secondary N) is 1. The van der Waals surface area contributed by atoms with Crippen LogP contribution in [-0.2, 0) is 9.59 Å². The van der Waals surface area contributed by atoms with Crippen LogP contribution in [0.3, 0.4) is 0 Å². The molecule has 98 valence electrons. The van der Waals surface area contributed by atoms with Crippen molar-refractivity contribution in [3.8, 4) is 0 Å². The number of furan rings is 1. The lowest BCUT2D eigenvalue weighted by Crippen LogP contribution is -2.46. The highest BCUT2D eigenvalue weighted by Gasteiger charge is 2.21. The molecule has 0 radical (unpaired) electrons. The average Bonchev–Trinajstić information content (AvgIpc) is 2.80. The van der Waals surface area contributed by atoms with Crippen LogP contribution in [0, 0.1) is 0 Å². The second-order valence-electron chi connectivity index (χ2n) is 3.80. The SMILES string of the molecule is CC(NC(=O)c1ccoc1)C(=O)N(C)CC(=O)O. The second-order valence-corrected chi connectivity index (χ2v) is 3.80. The van der Waals surface area contributed by atoms with E-state index in [9.17, 15) is 14.4 Å². The maximum absolute atomic E-state index is 11.7. The van der Waals surface area contributed by atoms with E-state index >= 15 is 0 Å². The molecule has 0 aliphatic carbocycles. The number of carboxylic acid groups (broad SMARTS) is 1. The van der Waals surface area contributed by atoms with Gasteiger partial charge in [0.05, 0.1) is 11.8 Å². The average molecular weight is 254 g/mol. The molecule has 0 fully saturated rings. The fourth-order valence-corrected chi connectivity index (χ4v) is 1.35. The minimum absolute atomic E-state index is 0.301. The molecule has 0 saturated carbocycles. The number of hydrogen-bond donors (Lipinski definition) is 2. The number of hydrogen-bond acceptors (Lipinski definition) is 4. The van der Waals surface area contributed by atoms with Gasteiger partial charge in [-0.15, -0.1) is 0 Å². The van der Waals surface area contributed by atoms with Crippen molar-refractivity contribution in [3.05, 3.63) is 24.2 Å². The van der Waals surface area contributed by atoms with Crippen molar-refractivity contribution >= 4 is 17.8 Å². The summed E-state index contributed by atoms with van der Waals surface area (Å²) in [5.74, 6) is -2.04. The van der Waals surface area contributed by atoms with E-state index in [0.29, 0.717) is 5.56 Å². The summed E-state index contributed by atoms with van der Waals surface area (Å²) in [7, 11) is 1.36. The van der Waals surface area contributed by atoms with Gasteiger partial charge in [-0.25, -0.2) is 0 Å². The number of likely N-dealkylation sites (N-methyl/N-ethyl adjacent to an activating group) is 1. The Labute approximate surface area is 103 Å². The zero-order chi connectivity index (χ0) is 13.7. The Balaban J connectivity index is 2.54. The summed E-state index contributed by atoms with van der Waals surface area (Å²) in [5.41, 5.74) is 0.301. The molecule has 7 nitrogen and oxygen atoms in total. The summed E-state index contributed by atoms with van der Waals surface area (Å²) in [5, 5.41) is 11.0. The monoisotopic (exact) mass is 254 g/mol. The van der Waals surface area contributed by atoms with Gasteiger partial charge in [0.2, 0.25) is 5.91 Å². The van der Waals surface area contributed by atoms with Crippen molar-refractivity contribution in [2.45, 2.75) is 13.0 Å². The Morgan fingerprint density at radius 2 is 2.17 bits per heavy atom. The number of rotatable bonds is 5. The Bertz CT molecular complexity index is 440. The largest absolute Gasteiger partial charge is 0.480 e. The molecule has 1 aromatic rings. The summed E-state index contributed by atoms with van der Waals surface area (Å²) in [6.07, 6.45) is 2.60. The third kappa shape index (κ3) is 3.62. The lowest BCUT2D eigenvalue weighted by atomic mass is 10.2. The second kappa shape index (κ2) is 5.85. The number of carbonyl (C=O) groups excluding carboxylic acids is 2. The lowest BCUT2D eigenvalue weighted by Gasteiger charge is -2.20. The third-order valence-electron chi connectivity index (χ3n) is 2.25. The van der Waals surface area contributed by atoms with Gasteiger partial charge < -0.3 is 19.7 Å². The maximum Gasteiger partial charge on any atom is 0.323 e. The predicted molar refractivity (Wildman–Crippen MR) is 60.9 cm³/mol. The Hall–Kier alpha value is -2.31. The van der Waals surface area contributed by atoms with Gasteiger partial charge in [-0.05, 0) is 13.0 Å². The Kier molecular flexibility index (Phi) is 4.47. The van der Waals surface area contributed by atoms with Crippen molar-refractivity contribution < 1.29 is 23.9 Å². The van der Waals surface area contributed by atoms with Crippen LogP contribution in [0.5, 0.6) is 0 Å². The van der Waals surface area contributed by atoms with E-state index in [4.69, 9.17) is 9.52 Å². The van der Waals surface area contributed by atoms with Crippen LogP contribution in [0.1, 0.15) is 17.3 Å². The van der Waals surface area contributed by atoms with Crippen LogP contribution in [0.2, 0.25) is 0 Å². The molecule has 18 heavy (non-hydrogen) atoms. The Morgan fingerprint density at radius 1 is 1.50 bits per heavy atom. The molecule has 0 saturated heterocycles. The van der Waals surface area contributed by atoms with Crippen molar-refractivity contribution in [1.82, 2.24) is 10.2 Å². The number of carboxylic acids is 1. The van der Waals surface area contributed by atoms with Gasteiger partial charge in [0.15, 0.2) is 0 Å². The van der Waals surface area contributed by atoms with Crippen LogP contribution in [-0.4, -0.2) is 47.4 Å². The molecule has 1 unspecified atom stereocenters. The smallest absolute Gasteiger partial charge is 0.323 e. The first-order valence-electron chi connectivity index (χ1n) is 5.21. The lowest BCUT2D eigenvalue weighted by molar-refractivity contribution is -0.144. The molecule has 1 aromatic heterocycles. The van der Waals surface area contributed by atoms with E-state index in [-0.39, 0.29) is 0 Å². The van der Waals surface area contributed by atoms with E-state index in [0.717, 1.165) is 4.90 Å². The van der Waals surface area contributed by atoms with Gasteiger partial charge in [-0.2, -0.15) is 0 Å². The molecular weight excluding hydrogens is 240 g/mol. The van der Waals surface area contributed by atoms with Gasteiger partial charge in [0, 0.05) is 7.05 Å². The van der Waals surface area contributed by atoms with Gasteiger partial charge in [0.25, 0.3) is 5.91 Å². The molecule has 0 bridgehead atoms. The molecule has 2 N–H and O–H groups in total. The number of nitrogens with zero attached hydrogens (tertiary/aromatic N) is 1. The van der Waals surface area contributed by atoms with Gasteiger partial charge in [0.1, 0.15) is 18.8 Å². The molecule has 0 aromatic carbocycles. The highest BCUT2D eigenvalue weighted by molar-refractivity contribution is 5.97. The molecule has 1 atom stereocenters. The van der Waals surface area contributed by atoms with Gasteiger partial charge in [-0.3, -0.25) is 14.4 Å². The zero-order valence-electron chi connectivity index (χ0n) is 10.0. The maximum atomic E-state index is 11.7. The normalized spacial score (nSPS) is 11.7. The molecule has 1 rings (SSSR count). The minimum Gasteiger partial charge on any atom is -0.480 e. The standard InChI is InChI=1S/C11H14N2O5/c1-7(11(17)13(2)5-9(14)15)12-10(16)8-3-4-18-6-8/h3-4,6-7H,5H2,1-2H3,(H,12,16)(H,14,15). The van der Waals surface area contributed by atoms with Gasteiger partial charge in [-0.1, -0.05) is 0 Å². The molecule has 7 heteroatoms. The van der Waals surface area contributed by atoms with Crippen molar-refractivity contribution in [3.63, 3.8) is 0 Å². The first-order chi connectivity index (χ1) is 8.41. The molecule has 0 aliphatic heterocycles. The van der Waals surface area contributed by atoms with Crippen molar-refractivity contribution in [1.29, 1.82) is 0 Å². The predicted octanol–water partition coefficient (Wildman–Crippen LogP) is -0.0591. The van der Waals surface area contributed by atoms with Crippen LogP contribution in [0.4, 0.5) is 0 Å². The number of amides is 2. The van der Waals surface area contributed by atoms with E-state index in [1.807, 2.05) is 0 Å². The Morgan fingerprint density at radius 3 is 2.67 bits per heavy atom. The van der Waals surface area contributed by atoms with Gasteiger partial charge >= 0.3 is 5.97 Å². The minimum atomic E-state index is -1.11. The van der Waals surface area contributed by atoms with Crippen molar-refractivity contribution in [2.75, 3.05) is 13.6 Å². The highest BCUT2D eigenvalue weighted by Crippen LogP contribution is 2.01. The zero-order valence-corrected chi connectivity index (χ0v) is 10.0. The fraction of sp³-hybridized carbons (Fsp3) is 0.364. The molecular formula is C11H14N2O5. The summed E-state index contributed by atoms with van der Waals surface area (Å²) in [6.45, 7) is 1.07. The van der Waals surface area contributed by atoms with E-state index < -0.39 is 30.4 Å². The van der Waals surface area contributed by atoms with Crippen molar-refractivity contribution in [2.24, 2.45) is 0 Å². The molecule has 1 heterocycles. The van der Waals surface area contributed by atoms with Crippen LogP contribution >= 0.6 is 0 Å². The van der Waals surface area contributed by atoms with E-state index in [2.05, 4.69) is 5.32 Å². The quantitative estimate of drug-likeness (QED) is 0.766. The summed E-state index contributed by atoms with van der Waals surface area (Å²) >= 11 is 0. The molecule has 2 amide bonds. The van der Waals surface area contributed by atoms with Crippen LogP contribution in [0.15, 0.2) is 23.0 Å². The molecule has 0 aliphatic rings. The summed E-state index contributed by atoms with van der Waals surface area (Å²) in [4.78, 5) is 34.8. The fourth-order valence-electron chi connectivity index (χ4n) is 1.35. The molecule has 0 spiro atoms. The first kappa shape index (κ1) is 13.8. The van der Waals surface area contributed by atoms with Crippen LogP contribution < -0.4 is 5.32 Å². The van der Waals surface area contributed by atoms with Crippen LogP contribution in [0.25, 0.3) is 0 Å². The van der Waals surface area contributed by atoms with E-state index in [1.54, 1.807) is 0 Å². The third-order valence-corrected chi connectivity index (χ3v) is 2.25. The first-order valence-corrected chi connectivity index (χ1v) is 5.21. The number of carbonyl (C=O) groups is 3. The van der Waals surface area contributed by atoms with E-state index in [1.165, 1.54) is 32.6 Å². The highest BCUT2D eigenvalue weighted by atomic mass is 16.4. The summed E-state index contributed by atoms with van der Waals surface area (Å²) < 4.78 is 4.74.